The SMILES string of the molecule is CCNc1cc(C(=O)NC2(CC)CCC2)ccc1[N+](=O)[O-]. The monoisotopic (exact) mass is 291 g/mol. The van der Waals surface area contributed by atoms with Crippen molar-refractivity contribution in [1.29, 1.82) is 0 Å². The van der Waals surface area contributed by atoms with E-state index in [9.17, 15) is 14.9 Å². The minimum absolute atomic E-state index is 0.0118. The minimum Gasteiger partial charge on any atom is -0.380 e. The Kier molecular flexibility index (Phi) is 4.45. The van der Waals surface area contributed by atoms with Crippen molar-refractivity contribution in [3.8, 4) is 0 Å². The van der Waals surface area contributed by atoms with Gasteiger partial charge in [0.1, 0.15) is 5.69 Å². The van der Waals surface area contributed by atoms with Crippen LogP contribution in [0.15, 0.2) is 18.2 Å². The first-order chi connectivity index (χ1) is 10.0. The summed E-state index contributed by atoms with van der Waals surface area (Å²) in [6.45, 7) is 4.49. The van der Waals surface area contributed by atoms with E-state index in [1.807, 2.05) is 6.92 Å². The number of nitro groups is 1. The highest BCUT2D eigenvalue weighted by Gasteiger charge is 2.36. The van der Waals surface area contributed by atoms with Crippen LogP contribution in [-0.2, 0) is 0 Å². The molecule has 6 nitrogen and oxygen atoms in total. The van der Waals surface area contributed by atoms with Crippen molar-refractivity contribution in [2.24, 2.45) is 0 Å². The molecule has 21 heavy (non-hydrogen) atoms. The summed E-state index contributed by atoms with van der Waals surface area (Å²) in [4.78, 5) is 22.9. The van der Waals surface area contributed by atoms with E-state index in [0.717, 1.165) is 25.7 Å². The van der Waals surface area contributed by atoms with Gasteiger partial charge >= 0.3 is 0 Å². The summed E-state index contributed by atoms with van der Waals surface area (Å²) in [5.74, 6) is -0.161. The number of hydrogen-bond donors (Lipinski definition) is 2. The molecule has 1 aliphatic rings. The van der Waals surface area contributed by atoms with Gasteiger partial charge in [-0.1, -0.05) is 6.92 Å². The van der Waals surface area contributed by atoms with Gasteiger partial charge < -0.3 is 10.6 Å². The lowest BCUT2D eigenvalue weighted by atomic mass is 9.74. The normalized spacial score (nSPS) is 15.9. The molecular formula is C15H21N3O3. The summed E-state index contributed by atoms with van der Waals surface area (Å²) >= 11 is 0. The third-order valence-corrected chi connectivity index (χ3v) is 4.19. The van der Waals surface area contributed by atoms with Gasteiger partial charge in [-0.2, -0.15) is 0 Å². The predicted molar refractivity (Wildman–Crippen MR) is 81.6 cm³/mol. The second-order valence-corrected chi connectivity index (χ2v) is 5.46. The van der Waals surface area contributed by atoms with Crippen LogP contribution in [0, 0.1) is 10.1 Å². The van der Waals surface area contributed by atoms with Gasteiger partial charge in [-0.25, -0.2) is 0 Å². The number of anilines is 1. The van der Waals surface area contributed by atoms with Crippen LogP contribution in [0.4, 0.5) is 11.4 Å². The first-order valence-electron chi connectivity index (χ1n) is 7.36. The molecule has 1 amide bonds. The zero-order valence-electron chi connectivity index (χ0n) is 12.4. The molecule has 0 saturated heterocycles. The molecule has 0 spiro atoms. The average molecular weight is 291 g/mol. The molecule has 1 saturated carbocycles. The molecule has 2 N–H and O–H groups in total. The highest BCUT2D eigenvalue weighted by molar-refractivity contribution is 5.96. The number of nitro benzene ring substituents is 1. The lowest BCUT2D eigenvalue weighted by molar-refractivity contribution is -0.384. The Labute approximate surface area is 124 Å². The van der Waals surface area contributed by atoms with Gasteiger partial charge in [-0.05, 0) is 44.7 Å². The standard InChI is InChI=1S/C15H21N3O3/c1-3-15(8-5-9-15)17-14(19)11-6-7-13(18(20)21)12(10-11)16-4-2/h6-7,10,16H,3-5,8-9H2,1-2H3,(H,17,19). The van der Waals surface area contributed by atoms with Crippen LogP contribution in [0.1, 0.15) is 49.9 Å². The summed E-state index contributed by atoms with van der Waals surface area (Å²) in [6, 6.07) is 4.45. The van der Waals surface area contributed by atoms with E-state index in [1.165, 1.54) is 12.1 Å². The molecule has 1 aliphatic carbocycles. The van der Waals surface area contributed by atoms with Crippen molar-refractivity contribution in [1.82, 2.24) is 5.32 Å². The Hall–Kier alpha value is -2.11. The molecule has 0 aromatic heterocycles. The lowest BCUT2D eigenvalue weighted by Gasteiger charge is -2.42. The van der Waals surface area contributed by atoms with Crippen LogP contribution in [0.5, 0.6) is 0 Å². The van der Waals surface area contributed by atoms with Gasteiger partial charge in [-0.15, -0.1) is 0 Å². The molecule has 114 valence electrons. The number of carbonyl (C=O) groups excluding carboxylic acids is 1. The highest BCUT2D eigenvalue weighted by atomic mass is 16.6. The van der Waals surface area contributed by atoms with Crippen LogP contribution < -0.4 is 10.6 Å². The van der Waals surface area contributed by atoms with Gasteiger partial charge in [-0.3, -0.25) is 14.9 Å². The van der Waals surface area contributed by atoms with Crippen LogP contribution >= 0.6 is 0 Å². The predicted octanol–water partition coefficient (Wildman–Crippen LogP) is 3.09. The van der Waals surface area contributed by atoms with Crippen molar-refractivity contribution in [2.45, 2.75) is 45.1 Å². The summed E-state index contributed by atoms with van der Waals surface area (Å²) < 4.78 is 0. The summed E-state index contributed by atoms with van der Waals surface area (Å²) in [7, 11) is 0. The van der Waals surface area contributed by atoms with Crippen molar-refractivity contribution in [2.75, 3.05) is 11.9 Å². The van der Waals surface area contributed by atoms with Gasteiger partial charge in [0.2, 0.25) is 0 Å². The molecule has 1 aromatic rings. The topological polar surface area (TPSA) is 84.3 Å². The van der Waals surface area contributed by atoms with E-state index in [2.05, 4.69) is 17.6 Å². The smallest absolute Gasteiger partial charge is 0.292 e. The van der Waals surface area contributed by atoms with E-state index in [4.69, 9.17) is 0 Å². The van der Waals surface area contributed by atoms with Crippen LogP contribution in [0.2, 0.25) is 0 Å². The Balaban J connectivity index is 2.21. The van der Waals surface area contributed by atoms with Gasteiger partial charge in [0.15, 0.2) is 0 Å². The third-order valence-electron chi connectivity index (χ3n) is 4.19. The first-order valence-corrected chi connectivity index (χ1v) is 7.36. The van der Waals surface area contributed by atoms with E-state index in [-0.39, 0.29) is 17.1 Å². The summed E-state index contributed by atoms with van der Waals surface area (Å²) in [5.41, 5.74) is 0.741. The fraction of sp³-hybridized carbons (Fsp3) is 0.533. The molecule has 0 unspecified atom stereocenters. The molecule has 1 fully saturated rings. The molecule has 6 heteroatoms. The van der Waals surface area contributed by atoms with Gasteiger partial charge in [0, 0.05) is 23.7 Å². The Morgan fingerprint density at radius 1 is 1.38 bits per heavy atom. The average Bonchev–Trinajstić information content (AvgIpc) is 2.42. The van der Waals surface area contributed by atoms with E-state index in [1.54, 1.807) is 6.07 Å². The molecule has 0 bridgehead atoms. The fourth-order valence-corrected chi connectivity index (χ4v) is 2.65. The molecule has 2 rings (SSSR count). The van der Waals surface area contributed by atoms with E-state index in [0.29, 0.717) is 17.8 Å². The molecule has 1 aromatic carbocycles. The molecule has 0 atom stereocenters. The lowest BCUT2D eigenvalue weighted by Crippen LogP contribution is -2.52. The second-order valence-electron chi connectivity index (χ2n) is 5.46. The number of carbonyl (C=O) groups is 1. The van der Waals surface area contributed by atoms with Crippen molar-refractivity contribution >= 4 is 17.3 Å². The molecule has 0 radical (unpaired) electrons. The van der Waals surface area contributed by atoms with Gasteiger partial charge in [0.05, 0.1) is 4.92 Å². The van der Waals surface area contributed by atoms with Crippen molar-refractivity contribution in [3.05, 3.63) is 33.9 Å². The third kappa shape index (κ3) is 3.15. The van der Waals surface area contributed by atoms with Crippen LogP contribution in [0.3, 0.4) is 0 Å². The Bertz CT molecular complexity index is 548. The second kappa shape index (κ2) is 6.11. The Morgan fingerprint density at radius 2 is 2.10 bits per heavy atom. The molecule has 0 heterocycles. The number of nitrogens with zero attached hydrogens (tertiary/aromatic N) is 1. The number of nitrogens with one attached hydrogen (secondary N) is 2. The fourth-order valence-electron chi connectivity index (χ4n) is 2.65. The maximum Gasteiger partial charge on any atom is 0.292 e. The Morgan fingerprint density at radius 3 is 2.57 bits per heavy atom. The van der Waals surface area contributed by atoms with Crippen LogP contribution in [-0.4, -0.2) is 22.9 Å². The van der Waals surface area contributed by atoms with Crippen molar-refractivity contribution < 1.29 is 9.72 Å². The van der Waals surface area contributed by atoms with Crippen molar-refractivity contribution in [3.63, 3.8) is 0 Å². The highest BCUT2D eigenvalue weighted by Crippen LogP contribution is 2.35. The number of amides is 1. The quantitative estimate of drug-likeness (QED) is 0.623. The zero-order chi connectivity index (χ0) is 15.5. The van der Waals surface area contributed by atoms with E-state index < -0.39 is 4.92 Å². The number of benzene rings is 1. The minimum atomic E-state index is -0.445. The maximum absolute atomic E-state index is 12.3. The maximum atomic E-state index is 12.3. The molecule has 0 aliphatic heterocycles. The zero-order valence-corrected chi connectivity index (χ0v) is 12.4. The summed E-state index contributed by atoms with van der Waals surface area (Å²) in [6.07, 6.45) is 4.05. The summed E-state index contributed by atoms with van der Waals surface area (Å²) in [5, 5.41) is 17.0. The number of hydrogen-bond acceptors (Lipinski definition) is 4. The first kappa shape index (κ1) is 15.3. The molecular weight excluding hydrogens is 270 g/mol. The van der Waals surface area contributed by atoms with Gasteiger partial charge in [0.25, 0.3) is 11.6 Å². The van der Waals surface area contributed by atoms with E-state index >= 15 is 0 Å². The van der Waals surface area contributed by atoms with Crippen LogP contribution in [0.25, 0.3) is 0 Å². The largest absolute Gasteiger partial charge is 0.380 e. The number of rotatable bonds is 6.